The summed E-state index contributed by atoms with van der Waals surface area (Å²) in [4.78, 5) is 4.04. The van der Waals surface area contributed by atoms with Gasteiger partial charge >= 0.3 is 0 Å². The summed E-state index contributed by atoms with van der Waals surface area (Å²) in [5.41, 5.74) is 6.93. The lowest BCUT2D eigenvalue weighted by Gasteiger charge is -2.07. The lowest BCUT2D eigenvalue weighted by Crippen LogP contribution is -2.03. The minimum atomic E-state index is -1.56. The summed E-state index contributed by atoms with van der Waals surface area (Å²) in [6.45, 7) is 0. The Labute approximate surface area is 116 Å². The number of hydrogen-bond donors (Lipinski definition) is 1. The Morgan fingerprint density at radius 2 is 1.76 bits per heavy atom. The predicted octanol–water partition coefficient (Wildman–Crippen LogP) is 2.90. The fraction of sp³-hybridized carbons (Fsp3) is 0. The summed E-state index contributed by atoms with van der Waals surface area (Å²) < 4.78 is 41.0. The van der Waals surface area contributed by atoms with Crippen LogP contribution in [0.15, 0.2) is 30.3 Å². The summed E-state index contributed by atoms with van der Waals surface area (Å²) in [5.74, 6) is -4.24. The second kappa shape index (κ2) is 4.52. The Morgan fingerprint density at radius 1 is 1.10 bits per heavy atom. The number of nitrogen functional groups attached to an aromatic ring is 1. The van der Waals surface area contributed by atoms with E-state index in [0.29, 0.717) is 16.6 Å². The van der Waals surface area contributed by atoms with Gasteiger partial charge in [0.2, 0.25) is 5.95 Å². The van der Waals surface area contributed by atoms with Gasteiger partial charge in [-0.3, -0.25) is 4.57 Å². The zero-order valence-corrected chi connectivity index (χ0v) is 10.4. The van der Waals surface area contributed by atoms with Crippen molar-refractivity contribution < 1.29 is 13.2 Å². The van der Waals surface area contributed by atoms with Gasteiger partial charge in [0.05, 0.1) is 28.4 Å². The van der Waals surface area contributed by atoms with E-state index in [-0.39, 0.29) is 11.6 Å². The standard InChI is InChI=1S/C14H7F3N4/c15-9-4-8(5-10(16)13(9)17)21-12-3-7(6-18)1-2-11(12)20-14(21)19/h1-5H,(H2,19,20). The van der Waals surface area contributed by atoms with E-state index in [2.05, 4.69) is 4.98 Å². The van der Waals surface area contributed by atoms with Crippen molar-refractivity contribution >= 4 is 17.0 Å². The second-order valence-corrected chi connectivity index (χ2v) is 4.34. The molecule has 0 saturated heterocycles. The van der Waals surface area contributed by atoms with Crippen LogP contribution in [0.1, 0.15) is 5.56 Å². The Balaban J connectivity index is 2.34. The maximum Gasteiger partial charge on any atom is 0.205 e. The highest BCUT2D eigenvalue weighted by Crippen LogP contribution is 2.26. The number of nitriles is 1. The molecule has 0 bridgehead atoms. The van der Waals surface area contributed by atoms with Crippen LogP contribution < -0.4 is 5.73 Å². The zero-order valence-electron chi connectivity index (χ0n) is 10.4. The van der Waals surface area contributed by atoms with Crippen LogP contribution in [0.25, 0.3) is 16.7 Å². The van der Waals surface area contributed by atoms with E-state index in [1.807, 2.05) is 6.07 Å². The SMILES string of the molecule is N#Cc1ccc2nc(N)n(-c3cc(F)c(F)c(F)c3)c2c1. The van der Waals surface area contributed by atoms with Crippen LogP contribution in [0.2, 0.25) is 0 Å². The molecule has 0 aliphatic rings. The number of imidazole rings is 1. The summed E-state index contributed by atoms with van der Waals surface area (Å²) in [7, 11) is 0. The molecule has 21 heavy (non-hydrogen) atoms. The van der Waals surface area contributed by atoms with Crippen molar-refractivity contribution in [1.82, 2.24) is 9.55 Å². The lowest BCUT2D eigenvalue weighted by atomic mass is 10.2. The van der Waals surface area contributed by atoms with Crippen molar-refractivity contribution in [3.8, 4) is 11.8 Å². The van der Waals surface area contributed by atoms with Crippen molar-refractivity contribution in [1.29, 1.82) is 5.26 Å². The minimum Gasteiger partial charge on any atom is -0.369 e. The molecule has 2 N–H and O–H groups in total. The molecule has 7 heteroatoms. The highest BCUT2D eigenvalue weighted by atomic mass is 19.2. The molecule has 0 aliphatic carbocycles. The van der Waals surface area contributed by atoms with Gasteiger partial charge in [-0.15, -0.1) is 0 Å². The number of nitrogens with zero attached hydrogens (tertiary/aromatic N) is 3. The van der Waals surface area contributed by atoms with E-state index in [0.717, 1.165) is 12.1 Å². The molecule has 3 aromatic rings. The predicted molar refractivity (Wildman–Crippen MR) is 70.1 cm³/mol. The quantitative estimate of drug-likeness (QED) is 0.700. The number of aromatic nitrogens is 2. The molecule has 0 fully saturated rings. The molecule has 0 atom stereocenters. The summed E-state index contributed by atoms with van der Waals surface area (Å²) in [6, 6.07) is 8.17. The maximum absolute atomic E-state index is 13.4. The van der Waals surface area contributed by atoms with Crippen LogP contribution >= 0.6 is 0 Å². The number of rotatable bonds is 1. The van der Waals surface area contributed by atoms with Gasteiger partial charge in [0.1, 0.15) is 0 Å². The van der Waals surface area contributed by atoms with E-state index in [4.69, 9.17) is 11.0 Å². The van der Waals surface area contributed by atoms with Gasteiger partial charge in [0, 0.05) is 12.1 Å². The average molecular weight is 288 g/mol. The molecule has 3 rings (SSSR count). The number of nitrogens with two attached hydrogens (primary N) is 1. The van der Waals surface area contributed by atoms with Gasteiger partial charge in [-0.05, 0) is 18.2 Å². The minimum absolute atomic E-state index is 0.0125. The normalized spacial score (nSPS) is 10.8. The molecular formula is C14H7F3N4. The van der Waals surface area contributed by atoms with Crippen LogP contribution in [0.4, 0.5) is 19.1 Å². The van der Waals surface area contributed by atoms with E-state index in [9.17, 15) is 13.2 Å². The average Bonchev–Trinajstić information content (AvgIpc) is 2.79. The number of hydrogen-bond acceptors (Lipinski definition) is 3. The lowest BCUT2D eigenvalue weighted by molar-refractivity contribution is 0.446. The van der Waals surface area contributed by atoms with Crippen LogP contribution in [-0.4, -0.2) is 9.55 Å². The molecule has 0 aliphatic heterocycles. The Bertz CT molecular complexity index is 885. The van der Waals surface area contributed by atoms with E-state index in [1.165, 1.54) is 10.6 Å². The fourth-order valence-corrected chi connectivity index (χ4v) is 2.11. The first kappa shape index (κ1) is 13.0. The molecule has 1 heterocycles. The smallest absolute Gasteiger partial charge is 0.205 e. The second-order valence-electron chi connectivity index (χ2n) is 4.34. The van der Waals surface area contributed by atoms with E-state index >= 15 is 0 Å². The van der Waals surface area contributed by atoms with Crippen molar-refractivity contribution in [3.63, 3.8) is 0 Å². The molecule has 0 amide bonds. The first-order valence-electron chi connectivity index (χ1n) is 5.84. The Morgan fingerprint density at radius 3 is 2.38 bits per heavy atom. The molecule has 0 radical (unpaired) electrons. The maximum atomic E-state index is 13.4. The van der Waals surface area contributed by atoms with Gasteiger partial charge in [-0.25, -0.2) is 18.2 Å². The van der Waals surface area contributed by atoms with Crippen LogP contribution in [0.3, 0.4) is 0 Å². The number of fused-ring (bicyclic) bond motifs is 1. The third kappa shape index (κ3) is 1.97. The van der Waals surface area contributed by atoms with E-state index < -0.39 is 17.5 Å². The summed E-state index contributed by atoms with van der Waals surface area (Å²) in [6.07, 6.45) is 0. The summed E-state index contributed by atoms with van der Waals surface area (Å²) >= 11 is 0. The third-order valence-corrected chi connectivity index (χ3v) is 3.04. The van der Waals surface area contributed by atoms with Crippen LogP contribution in [0, 0.1) is 28.8 Å². The largest absolute Gasteiger partial charge is 0.369 e. The molecule has 104 valence electrons. The first-order chi connectivity index (χ1) is 10.0. The molecule has 2 aromatic carbocycles. The molecule has 0 spiro atoms. The zero-order chi connectivity index (χ0) is 15.1. The van der Waals surface area contributed by atoms with Gasteiger partial charge < -0.3 is 5.73 Å². The molecule has 0 unspecified atom stereocenters. The van der Waals surface area contributed by atoms with Crippen LogP contribution in [-0.2, 0) is 0 Å². The van der Waals surface area contributed by atoms with Gasteiger partial charge in [-0.1, -0.05) is 0 Å². The first-order valence-corrected chi connectivity index (χ1v) is 5.84. The number of benzene rings is 2. The Kier molecular flexibility index (Phi) is 2.80. The third-order valence-electron chi connectivity index (χ3n) is 3.04. The summed E-state index contributed by atoms with van der Waals surface area (Å²) in [5, 5.41) is 8.91. The van der Waals surface area contributed by atoms with Gasteiger partial charge in [0.25, 0.3) is 0 Å². The molecule has 1 aromatic heterocycles. The molecular weight excluding hydrogens is 281 g/mol. The molecule has 4 nitrogen and oxygen atoms in total. The van der Waals surface area contributed by atoms with Crippen molar-refractivity contribution in [2.24, 2.45) is 0 Å². The topological polar surface area (TPSA) is 67.6 Å². The monoisotopic (exact) mass is 288 g/mol. The highest BCUT2D eigenvalue weighted by Gasteiger charge is 2.16. The molecule has 0 saturated carbocycles. The van der Waals surface area contributed by atoms with Crippen molar-refractivity contribution in [3.05, 3.63) is 53.3 Å². The highest BCUT2D eigenvalue weighted by molar-refractivity contribution is 5.82. The number of anilines is 1. The Hall–Kier alpha value is -3.01. The number of halogens is 3. The fourth-order valence-electron chi connectivity index (χ4n) is 2.11. The van der Waals surface area contributed by atoms with Crippen molar-refractivity contribution in [2.45, 2.75) is 0 Å². The van der Waals surface area contributed by atoms with Gasteiger partial charge in [0.15, 0.2) is 17.5 Å². The van der Waals surface area contributed by atoms with Crippen LogP contribution in [0.5, 0.6) is 0 Å². The van der Waals surface area contributed by atoms with Crippen molar-refractivity contribution in [2.75, 3.05) is 5.73 Å². The van der Waals surface area contributed by atoms with E-state index in [1.54, 1.807) is 12.1 Å². The van der Waals surface area contributed by atoms with Gasteiger partial charge in [-0.2, -0.15) is 5.26 Å².